The van der Waals surface area contributed by atoms with Crippen molar-refractivity contribution in [3.63, 3.8) is 0 Å². The standard InChI is InChI=1S/C19H22N4O/c1-22-7-9-23(10-8-22)19-6-3-14(13-20-19)18-12-15-11-16(24-2)4-5-17(15)21-18/h3-6,11-13,21H,7-10H2,1-2H3. The summed E-state index contributed by atoms with van der Waals surface area (Å²) in [6.45, 7) is 4.25. The van der Waals surface area contributed by atoms with Gasteiger partial charge >= 0.3 is 0 Å². The molecule has 5 nitrogen and oxygen atoms in total. The molecule has 2 aromatic heterocycles. The van der Waals surface area contributed by atoms with Crippen molar-refractivity contribution in [2.24, 2.45) is 0 Å². The van der Waals surface area contributed by atoms with Crippen LogP contribution in [0.1, 0.15) is 0 Å². The van der Waals surface area contributed by atoms with Gasteiger partial charge in [0.1, 0.15) is 11.6 Å². The minimum absolute atomic E-state index is 0.872. The van der Waals surface area contributed by atoms with Gasteiger partial charge < -0.3 is 19.5 Å². The molecule has 5 heteroatoms. The lowest BCUT2D eigenvalue weighted by molar-refractivity contribution is 0.312. The zero-order valence-corrected chi connectivity index (χ0v) is 14.1. The largest absolute Gasteiger partial charge is 0.497 e. The molecule has 1 saturated heterocycles. The third-order valence-corrected chi connectivity index (χ3v) is 4.71. The van der Waals surface area contributed by atoms with Crippen molar-refractivity contribution in [2.75, 3.05) is 45.2 Å². The fraction of sp³-hybridized carbons (Fsp3) is 0.316. The molecule has 1 aliphatic rings. The Labute approximate surface area is 141 Å². The van der Waals surface area contributed by atoms with Gasteiger partial charge in [-0.25, -0.2) is 4.98 Å². The Balaban J connectivity index is 1.58. The Bertz CT molecular complexity index is 832. The topological polar surface area (TPSA) is 44.4 Å². The molecule has 124 valence electrons. The summed E-state index contributed by atoms with van der Waals surface area (Å²) in [6.07, 6.45) is 1.95. The molecule has 4 rings (SSSR count). The maximum atomic E-state index is 5.29. The number of hydrogen-bond donors (Lipinski definition) is 1. The highest BCUT2D eigenvalue weighted by Crippen LogP contribution is 2.27. The van der Waals surface area contributed by atoms with Crippen LogP contribution in [0, 0.1) is 0 Å². The molecular weight excluding hydrogens is 300 g/mol. The average Bonchev–Trinajstić information content (AvgIpc) is 3.05. The maximum Gasteiger partial charge on any atom is 0.128 e. The second-order valence-electron chi connectivity index (χ2n) is 6.33. The number of anilines is 1. The molecule has 0 atom stereocenters. The maximum absolute atomic E-state index is 5.29. The number of piperazine rings is 1. The van der Waals surface area contributed by atoms with E-state index in [1.54, 1.807) is 7.11 Å². The number of hydrogen-bond acceptors (Lipinski definition) is 4. The van der Waals surface area contributed by atoms with Crippen molar-refractivity contribution < 1.29 is 4.74 Å². The summed E-state index contributed by atoms with van der Waals surface area (Å²) in [5.41, 5.74) is 3.28. The van der Waals surface area contributed by atoms with Crippen LogP contribution in [0.4, 0.5) is 5.82 Å². The number of rotatable bonds is 3. The first-order valence-corrected chi connectivity index (χ1v) is 8.29. The summed E-state index contributed by atoms with van der Waals surface area (Å²) in [6, 6.07) is 12.5. The normalized spacial score (nSPS) is 15.8. The fourth-order valence-corrected chi connectivity index (χ4v) is 3.16. The Morgan fingerprint density at radius 1 is 1.04 bits per heavy atom. The molecule has 1 fully saturated rings. The molecule has 0 aliphatic carbocycles. The van der Waals surface area contributed by atoms with Crippen LogP contribution in [0.25, 0.3) is 22.2 Å². The Morgan fingerprint density at radius 2 is 1.88 bits per heavy atom. The van der Waals surface area contributed by atoms with Gasteiger partial charge in [-0.15, -0.1) is 0 Å². The van der Waals surface area contributed by atoms with Crippen molar-refractivity contribution in [1.29, 1.82) is 0 Å². The summed E-state index contributed by atoms with van der Waals surface area (Å²) >= 11 is 0. The molecule has 0 radical (unpaired) electrons. The number of benzene rings is 1. The zero-order chi connectivity index (χ0) is 16.5. The SMILES string of the molecule is COc1ccc2[nH]c(-c3ccc(N4CCN(C)CC4)nc3)cc2c1. The summed E-state index contributed by atoms with van der Waals surface area (Å²) < 4.78 is 5.29. The molecule has 0 unspecified atom stereocenters. The number of H-pyrrole nitrogens is 1. The molecule has 3 heterocycles. The van der Waals surface area contributed by atoms with Crippen LogP contribution < -0.4 is 9.64 Å². The highest BCUT2D eigenvalue weighted by atomic mass is 16.5. The van der Waals surface area contributed by atoms with E-state index >= 15 is 0 Å². The van der Waals surface area contributed by atoms with Crippen LogP contribution >= 0.6 is 0 Å². The number of pyridine rings is 1. The van der Waals surface area contributed by atoms with Crippen molar-refractivity contribution in [3.8, 4) is 17.0 Å². The average molecular weight is 322 g/mol. The second kappa shape index (κ2) is 6.17. The summed E-state index contributed by atoms with van der Waals surface area (Å²) in [7, 11) is 3.86. The van der Waals surface area contributed by atoms with E-state index in [0.717, 1.165) is 59.9 Å². The van der Waals surface area contributed by atoms with E-state index in [1.165, 1.54) is 0 Å². The van der Waals surface area contributed by atoms with E-state index in [-0.39, 0.29) is 0 Å². The van der Waals surface area contributed by atoms with Crippen LogP contribution in [-0.2, 0) is 0 Å². The van der Waals surface area contributed by atoms with Gasteiger partial charge in [-0.05, 0) is 43.4 Å². The Morgan fingerprint density at radius 3 is 2.58 bits per heavy atom. The van der Waals surface area contributed by atoms with Crippen molar-refractivity contribution in [2.45, 2.75) is 0 Å². The van der Waals surface area contributed by atoms with Crippen LogP contribution in [-0.4, -0.2) is 55.2 Å². The van der Waals surface area contributed by atoms with Crippen molar-refractivity contribution in [1.82, 2.24) is 14.9 Å². The highest BCUT2D eigenvalue weighted by Gasteiger charge is 2.15. The highest BCUT2D eigenvalue weighted by molar-refractivity contribution is 5.87. The predicted octanol–water partition coefficient (Wildman–Crippen LogP) is 2.99. The van der Waals surface area contributed by atoms with E-state index in [1.807, 2.05) is 24.4 Å². The van der Waals surface area contributed by atoms with Gasteiger partial charge in [0.05, 0.1) is 7.11 Å². The lowest BCUT2D eigenvalue weighted by Gasteiger charge is -2.33. The van der Waals surface area contributed by atoms with Gasteiger partial charge in [0, 0.05) is 54.5 Å². The molecule has 1 N–H and O–H groups in total. The predicted molar refractivity (Wildman–Crippen MR) is 97.8 cm³/mol. The van der Waals surface area contributed by atoms with Crippen molar-refractivity contribution in [3.05, 3.63) is 42.6 Å². The number of aromatic nitrogens is 2. The Hall–Kier alpha value is -2.53. The number of nitrogens with one attached hydrogen (secondary N) is 1. The van der Waals surface area contributed by atoms with E-state index in [2.05, 4.69) is 45.0 Å². The molecule has 1 aliphatic heterocycles. The summed E-state index contributed by atoms with van der Waals surface area (Å²) in [5, 5.41) is 1.15. The quantitative estimate of drug-likeness (QED) is 0.805. The van der Waals surface area contributed by atoms with Gasteiger partial charge in [0.2, 0.25) is 0 Å². The smallest absolute Gasteiger partial charge is 0.128 e. The molecule has 0 spiro atoms. The number of likely N-dealkylation sites (N-methyl/N-ethyl adjacent to an activating group) is 1. The van der Waals surface area contributed by atoms with E-state index in [4.69, 9.17) is 4.74 Å². The van der Waals surface area contributed by atoms with Gasteiger partial charge in [0.15, 0.2) is 0 Å². The lowest BCUT2D eigenvalue weighted by atomic mass is 10.2. The molecular formula is C19H22N4O. The summed E-state index contributed by atoms with van der Waals surface area (Å²) in [4.78, 5) is 12.8. The molecule has 1 aromatic carbocycles. The van der Waals surface area contributed by atoms with Gasteiger partial charge in [0.25, 0.3) is 0 Å². The fourth-order valence-electron chi connectivity index (χ4n) is 3.16. The van der Waals surface area contributed by atoms with Crippen LogP contribution in [0.5, 0.6) is 5.75 Å². The molecule has 3 aromatic rings. The minimum atomic E-state index is 0.872. The lowest BCUT2D eigenvalue weighted by Crippen LogP contribution is -2.44. The number of nitrogens with zero attached hydrogens (tertiary/aromatic N) is 3. The molecule has 24 heavy (non-hydrogen) atoms. The number of fused-ring (bicyclic) bond motifs is 1. The van der Waals surface area contributed by atoms with Crippen molar-refractivity contribution >= 4 is 16.7 Å². The van der Waals surface area contributed by atoms with Gasteiger partial charge in [-0.2, -0.15) is 0 Å². The number of ether oxygens (including phenoxy) is 1. The van der Waals surface area contributed by atoms with Crippen LogP contribution in [0.15, 0.2) is 42.6 Å². The third-order valence-electron chi connectivity index (χ3n) is 4.71. The second-order valence-corrected chi connectivity index (χ2v) is 6.33. The first kappa shape index (κ1) is 15.0. The first-order valence-electron chi connectivity index (χ1n) is 8.29. The molecule has 0 bridgehead atoms. The molecule has 0 saturated carbocycles. The van der Waals surface area contributed by atoms with Crippen LogP contribution in [0.3, 0.4) is 0 Å². The third kappa shape index (κ3) is 2.83. The zero-order valence-electron chi connectivity index (χ0n) is 14.1. The van der Waals surface area contributed by atoms with E-state index in [0.29, 0.717) is 0 Å². The first-order chi connectivity index (χ1) is 11.7. The van der Waals surface area contributed by atoms with Gasteiger partial charge in [-0.3, -0.25) is 0 Å². The number of methoxy groups -OCH3 is 1. The van der Waals surface area contributed by atoms with E-state index < -0.39 is 0 Å². The monoisotopic (exact) mass is 322 g/mol. The van der Waals surface area contributed by atoms with Gasteiger partial charge in [-0.1, -0.05) is 0 Å². The Kier molecular flexibility index (Phi) is 3.86. The molecule has 0 amide bonds. The summed E-state index contributed by atoms with van der Waals surface area (Å²) in [5.74, 6) is 1.93. The van der Waals surface area contributed by atoms with Crippen LogP contribution in [0.2, 0.25) is 0 Å². The number of aromatic amines is 1. The minimum Gasteiger partial charge on any atom is -0.497 e. The van der Waals surface area contributed by atoms with E-state index in [9.17, 15) is 0 Å².